The van der Waals surface area contributed by atoms with Crippen LogP contribution in [0.25, 0.3) is 0 Å². The number of nitrogens with zero attached hydrogens (tertiary/aromatic N) is 1. The largest absolute Gasteiger partial charge is 0.357 e. The maximum atomic E-state index is 12.9. The fourth-order valence-corrected chi connectivity index (χ4v) is 3.38. The van der Waals surface area contributed by atoms with Gasteiger partial charge >= 0.3 is 0 Å². The molecule has 2 aliphatic rings. The Morgan fingerprint density at radius 2 is 2.05 bits per heavy atom. The molecular weight excluding hydrogens is 242 g/mol. The first-order valence-electron chi connectivity index (χ1n) is 7.38. The highest BCUT2D eigenvalue weighted by atomic mass is 16.2. The molecule has 2 saturated heterocycles. The van der Waals surface area contributed by atoms with E-state index >= 15 is 0 Å². The summed E-state index contributed by atoms with van der Waals surface area (Å²) in [6.45, 7) is 4.62. The van der Waals surface area contributed by atoms with E-state index in [1.807, 2.05) is 4.90 Å². The molecule has 2 N–H and O–H groups in total. The zero-order valence-electron chi connectivity index (χ0n) is 12.0. The van der Waals surface area contributed by atoms with Gasteiger partial charge in [-0.2, -0.15) is 0 Å². The Morgan fingerprint density at radius 3 is 2.63 bits per heavy atom. The highest BCUT2D eigenvalue weighted by molar-refractivity contribution is 5.90. The lowest BCUT2D eigenvalue weighted by Crippen LogP contribution is -2.53. The van der Waals surface area contributed by atoms with Gasteiger partial charge in [0.05, 0.1) is 5.41 Å². The number of carbonyl (C=O) groups excluding carboxylic acids is 2. The van der Waals surface area contributed by atoms with E-state index < -0.39 is 0 Å². The molecule has 0 aromatic rings. The molecule has 1 atom stereocenters. The molecule has 19 heavy (non-hydrogen) atoms. The van der Waals surface area contributed by atoms with Crippen molar-refractivity contribution in [2.75, 3.05) is 26.7 Å². The monoisotopic (exact) mass is 267 g/mol. The summed E-state index contributed by atoms with van der Waals surface area (Å²) in [5, 5.41) is 5.99. The molecule has 0 bridgehead atoms. The van der Waals surface area contributed by atoms with Crippen LogP contribution in [0.15, 0.2) is 0 Å². The van der Waals surface area contributed by atoms with Crippen LogP contribution in [-0.2, 0) is 9.59 Å². The van der Waals surface area contributed by atoms with Gasteiger partial charge in [-0.1, -0.05) is 6.92 Å². The van der Waals surface area contributed by atoms with E-state index in [4.69, 9.17) is 0 Å². The van der Waals surface area contributed by atoms with Crippen LogP contribution in [0, 0.1) is 5.41 Å². The molecular formula is C14H25N3O2. The van der Waals surface area contributed by atoms with Crippen LogP contribution in [-0.4, -0.2) is 49.4 Å². The van der Waals surface area contributed by atoms with Crippen molar-refractivity contribution in [3.63, 3.8) is 0 Å². The van der Waals surface area contributed by atoms with Crippen molar-refractivity contribution in [1.29, 1.82) is 0 Å². The highest BCUT2D eigenvalue weighted by Gasteiger charge is 2.44. The number of piperidine rings is 1. The van der Waals surface area contributed by atoms with E-state index in [9.17, 15) is 9.59 Å². The molecule has 1 unspecified atom stereocenters. The van der Waals surface area contributed by atoms with Crippen molar-refractivity contribution in [3.8, 4) is 0 Å². The molecule has 0 saturated carbocycles. The first kappa shape index (κ1) is 14.3. The lowest BCUT2D eigenvalue weighted by Gasteiger charge is -2.39. The molecule has 2 heterocycles. The van der Waals surface area contributed by atoms with Crippen molar-refractivity contribution in [2.24, 2.45) is 5.41 Å². The van der Waals surface area contributed by atoms with Crippen molar-refractivity contribution in [3.05, 3.63) is 0 Å². The van der Waals surface area contributed by atoms with Gasteiger partial charge in [0.1, 0.15) is 6.04 Å². The third-order valence-corrected chi connectivity index (χ3v) is 4.75. The van der Waals surface area contributed by atoms with Crippen LogP contribution in [0.5, 0.6) is 0 Å². The lowest BCUT2D eigenvalue weighted by atomic mass is 9.75. The minimum Gasteiger partial charge on any atom is -0.357 e. The standard InChI is InChI=1S/C14H25N3O2/c1-3-14(6-8-16-9-7-14)13(19)17-10-4-5-11(17)12(18)15-2/h11,16H,3-10H2,1-2H3,(H,15,18). The lowest BCUT2D eigenvalue weighted by molar-refractivity contribution is -0.148. The Morgan fingerprint density at radius 1 is 1.37 bits per heavy atom. The van der Waals surface area contributed by atoms with E-state index in [0.29, 0.717) is 0 Å². The molecule has 2 amide bonds. The third-order valence-electron chi connectivity index (χ3n) is 4.75. The average molecular weight is 267 g/mol. The second-order valence-corrected chi connectivity index (χ2v) is 5.65. The van der Waals surface area contributed by atoms with Gasteiger partial charge in [0.15, 0.2) is 0 Å². The Kier molecular flexibility index (Phi) is 4.45. The van der Waals surface area contributed by atoms with Crippen LogP contribution < -0.4 is 10.6 Å². The summed E-state index contributed by atoms with van der Waals surface area (Å²) in [5.41, 5.74) is -0.248. The first-order valence-corrected chi connectivity index (χ1v) is 7.38. The summed E-state index contributed by atoms with van der Waals surface area (Å²) in [4.78, 5) is 26.6. The SMILES string of the molecule is CCC1(C(=O)N2CCCC2C(=O)NC)CCNCC1. The Bertz CT molecular complexity index is 351. The molecule has 2 fully saturated rings. The number of carbonyl (C=O) groups is 2. The molecule has 2 aliphatic heterocycles. The molecule has 0 aromatic heterocycles. The maximum absolute atomic E-state index is 12.9. The molecule has 0 radical (unpaired) electrons. The minimum atomic E-state index is -0.254. The smallest absolute Gasteiger partial charge is 0.242 e. The van der Waals surface area contributed by atoms with Crippen molar-refractivity contribution < 1.29 is 9.59 Å². The van der Waals surface area contributed by atoms with Crippen molar-refractivity contribution in [2.45, 2.75) is 45.1 Å². The summed E-state index contributed by atoms with van der Waals surface area (Å²) < 4.78 is 0. The number of rotatable bonds is 3. The molecule has 0 aromatic carbocycles. The topological polar surface area (TPSA) is 61.4 Å². The van der Waals surface area contributed by atoms with Gasteiger partial charge in [-0.15, -0.1) is 0 Å². The van der Waals surface area contributed by atoms with Gasteiger partial charge in [0.2, 0.25) is 11.8 Å². The zero-order valence-corrected chi connectivity index (χ0v) is 12.0. The Hall–Kier alpha value is -1.10. The van der Waals surface area contributed by atoms with E-state index in [-0.39, 0.29) is 23.3 Å². The minimum absolute atomic E-state index is 0.0222. The average Bonchev–Trinajstić information content (AvgIpc) is 2.95. The number of amides is 2. The summed E-state index contributed by atoms with van der Waals surface area (Å²) in [7, 11) is 1.64. The normalized spacial score (nSPS) is 26.2. The summed E-state index contributed by atoms with van der Waals surface area (Å²) in [6.07, 6.45) is 4.37. The highest BCUT2D eigenvalue weighted by Crippen LogP contribution is 2.36. The van der Waals surface area contributed by atoms with Gasteiger partial charge in [-0.3, -0.25) is 9.59 Å². The second kappa shape index (κ2) is 5.90. The second-order valence-electron chi connectivity index (χ2n) is 5.65. The maximum Gasteiger partial charge on any atom is 0.242 e. The van der Waals surface area contributed by atoms with Crippen molar-refractivity contribution in [1.82, 2.24) is 15.5 Å². The van der Waals surface area contributed by atoms with Crippen LogP contribution in [0.3, 0.4) is 0 Å². The summed E-state index contributed by atoms with van der Waals surface area (Å²) in [5.74, 6) is 0.175. The van der Waals surface area contributed by atoms with E-state index in [1.54, 1.807) is 7.05 Å². The van der Waals surface area contributed by atoms with Gasteiger partial charge in [0.25, 0.3) is 0 Å². The van der Waals surface area contributed by atoms with E-state index in [2.05, 4.69) is 17.6 Å². The van der Waals surface area contributed by atoms with Crippen molar-refractivity contribution >= 4 is 11.8 Å². The number of likely N-dealkylation sites (N-methyl/N-ethyl adjacent to an activating group) is 1. The van der Waals surface area contributed by atoms with Crippen LogP contribution >= 0.6 is 0 Å². The van der Waals surface area contributed by atoms with Gasteiger partial charge in [-0.25, -0.2) is 0 Å². The quantitative estimate of drug-likeness (QED) is 0.783. The fraction of sp³-hybridized carbons (Fsp3) is 0.857. The van der Waals surface area contributed by atoms with E-state index in [1.165, 1.54) is 0 Å². The first-order chi connectivity index (χ1) is 9.14. The third kappa shape index (κ3) is 2.61. The fourth-order valence-electron chi connectivity index (χ4n) is 3.38. The number of nitrogens with one attached hydrogen (secondary N) is 2. The molecule has 108 valence electrons. The predicted molar refractivity (Wildman–Crippen MR) is 73.6 cm³/mol. The Balaban J connectivity index is 2.14. The molecule has 0 aliphatic carbocycles. The number of hydrogen-bond acceptors (Lipinski definition) is 3. The number of hydrogen-bond donors (Lipinski definition) is 2. The van der Waals surface area contributed by atoms with Gasteiger partial charge in [-0.05, 0) is 45.2 Å². The molecule has 0 spiro atoms. The van der Waals surface area contributed by atoms with Gasteiger partial charge in [0, 0.05) is 13.6 Å². The summed E-state index contributed by atoms with van der Waals surface area (Å²) >= 11 is 0. The molecule has 2 rings (SSSR count). The predicted octanol–water partition coefficient (Wildman–Crippen LogP) is 0.503. The zero-order chi connectivity index (χ0) is 13.9. The van der Waals surface area contributed by atoms with Crippen LogP contribution in [0.4, 0.5) is 0 Å². The Labute approximate surface area is 115 Å². The number of likely N-dealkylation sites (tertiary alicyclic amines) is 1. The summed E-state index contributed by atoms with van der Waals surface area (Å²) in [6, 6.07) is -0.254. The van der Waals surface area contributed by atoms with E-state index in [0.717, 1.165) is 51.7 Å². The van der Waals surface area contributed by atoms with Crippen LogP contribution in [0.2, 0.25) is 0 Å². The van der Waals surface area contributed by atoms with Crippen LogP contribution in [0.1, 0.15) is 39.0 Å². The van der Waals surface area contributed by atoms with Gasteiger partial charge < -0.3 is 15.5 Å². The molecule has 5 nitrogen and oxygen atoms in total. The molecule has 5 heteroatoms.